The third-order valence-corrected chi connectivity index (χ3v) is 6.33. The van der Waals surface area contributed by atoms with Crippen LogP contribution < -0.4 is 17.2 Å². The summed E-state index contributed by atoms with van der Waals surface area (Å²) in [6.07, 6.45) is 0.758. The number of carbonyl (C=O) groups excluding carboxylic acids is 2. The van der Waals surface area contributed by atoms with E-state index in [4.69, 9.17) is 17.2 Å². The van der Waals surface area contributed by atoms with Crippen molar-refractivity contribution in [2.24, 2.45) is 22.2 Å². The third-order valence-electron chi connectivity index (χ3n) is 6.33. The Bertz CT molecular complexity index is 1180. The third kappa shape index (κ3) is 7.10. The Kier molecular flexibility index (Phi) is 9.27. The van der Waals surface area contributed by atoms with E-state index in [2.05, 4.69) is 4.99 Å². The predicted molar refractivity (Wildman–Crippen MR) is 146 cm³/mol. The maximum absolute atomic E-state index is 14.4. The molecule has 0 bridgehead atoms. The van der Waals surface area contributed by atoms with E-state index in [1.54, 1.807) is 18.7 Å². The van der Waals surface area contributed by atoms with Gasteiger partial charge in [-0.25, -0.2) is 0 Å². The number of primary amides is 1. The van der Waals surface area contributed by atoms with Crippen molar-refractivity contribution < 1.29 is 14.7 Å². The molecule has 7 N–H and O–H groups in total. The molecule has 3 rings (SSSR count). The van der Waals surface area contributed by atoms with Crippen molar-refractivity contribution in [2.45, 2.75) is 45.2 Å². The Balaban J connectivity index is 2.07. The number of nitrogens with zero attached hydrogens (tertiary/aromatic N) is 2. The van der Waals surface area contributed by atoms with Gasteiger partial charge in [0.25, 0.3) is 0 Å². The number of amides is 2. The summed E-state index contributed by atoms with van der Waals surface area (Å²) in [5.74, 6) is -1.32. The highest BCUT2D eigenvalue weighted by Crippen LogP contribution is 2.30. The van der Waals surface area contributed by atoms with Crippen molar-refractivity contribution >= 4 is 17.8 Å². The summed E-state index contributed by atoms with van der Waals surface area (Å²) in [5, 5.41) is 10.3. The number of phenols is 1. The summed E-state index contributed by atoms with van der Waals surface area (Å²) in [6, 6.07) is 21.7. The zero-order valence-corrected chi connectivity index (χ0v) is 21.3. The largest absolute Gasteiger partial charge is 0.507 e. The topological polar surface area (TPSA) is 148 Å². The van der Waals surface area contributed by atoms with Gasteiger partial charge in [-0.3, -0.25) is 14.6 Å². The second-order valence-corrected chi connectivity index (χ2v) is 9.17. The van der Waals surface area contributed by atoms with Crippen LogP contribution >= 0.6 is 0 Å². The summed E-state index contributed by atoms with van der Waals surface area (Å²) in [5.41, 5.74) is 20.5. The maximum atomic E-state index is 14.4. The van der Waals surface area contributed by atoms with Gasteiger partial charge in [0.1, 0.15) is 11.8 Å². The minimum atomic E-state index is -0.883. The molecule has 0 aromatic heterocycles. The minimum absolute atomic E-state index is 0.0354. The molecule has 3 aromatic rings. The second-order valence-electron chi connectivity index (χ2n) is 9.17. The summed E-state index contributed by atoms with van der Waals surface area (Å²) in [4.78, 5) is 32.7. The molecular weight excluding hydrogens is 466 g/mol. The van der Waals surface area contributed by atoms with E-state index in [-0.39, 0.29) is 24.2 Å². The number of carbonyl (C=O) groups is 2. The Morgan fingerprint density at radius 1 is 0.892 bits per heavy atom. The van der Waals surface area contributed by atoms with Crippen molar-refractivity contribution in [3.63, 3.8) is 0 Å². The van der Waals surface area contributed by atoms with E-state index >= 15 is 0 Å². The van der Waals surface area contributed by atoms with E-state index in [0.717, 1.165) is 16.7 Å². The number of aromatic hydroxyl groups is 1. The van der Waals surface area contributed by atoms with Gasteiger partial charge in [-0.15, -0.1) is 0 Å². The number of rotatable bonds is 11. The molecular formula is C29H35N5O3. The molecule has 194 valence electrons. The van der Waals surface area contributed by atoms with Gasteiger partial charge in [0, 0.05) is 13.1 Å². The number of guanidine groups is 1. The molecule has 0 saturated carbocycles. The highest BCUT2D eigenvalue weighted by atomic mass is 16.3. The van der Waals surface area contributed by atoms with Crippen LogP contribution in [-0.2, 0) is 16.1 Å². The molecule has 2 amide bonds. The van der Waals surface area contributed by atoms with Crippen molar-refractivity contribution in [3.8, 4) is 5.75 Å². The smallest absolute Gasteiger partial charge is 0.240 e. The van der Waals surface area contributed by atoms with Crippen LogP contribution in [0.1, 0.15) is 46.6 Å². The van der Waals surface area contributed by atoms with E-state index in [0.29, 0.717) is 30.5 Å². The van der Waals surface area contributed by atoms with Crippen molar-refractivity contribution in [1.82, 2.24) is 4.90 Å². The van der Waals surface area contributed by atoms with Crippen LogP contribution in [0, 0.1) is 13.8 Å². The summed E-state index contributed by atoms with van der Waals surface area (Å²) >= 11 is 0. The SMILES string of the molecule is Cc1cc(CN(C(=O)C(c2ccccc2)c2ccccc2)[C@@H](CCCN=C(N)N)C(N)=O)cc(C)c1O. The van der Waals surface area contributed by atoms with E-state index in [9.17, 15) is 14.7 Å². The first kappa shape index (κ1) is 27.3. The van der Waals surface area contributed by atoms with Gasteiger partial charge in [-0.2, -0.15) is 0 Å². The molecule has 0 aliphatic heterocycles. The van der Waals surface area contributed by atoms with E-state index < -0.39 is 17.9 Å². The Hall–Kier alpha value is -4.33. The van der Waals surface area contributed by atoms with E-state index in [1.807, 2.05) is 72.8 Å². The fraction of sp³-hybridized carbons (Fsp3) is 0.276. The second kappa shape index (κ2) is 12.6. The molecule has 0 fully saturated rings. The summed E-state index contributed by atoms with van der Waals surface area (Å²) in [7, 11) is 0. The zero-order chi connectivity index (χ0) is 26.9. The molecule has 0 radical (unpaired) electrons. The Morgan fingerprint density at radius 2 is 1.41 bits per heavy atom. The number of aryl methyl sites for hydroxylation is 2. The van der Waals surface area contributed by atoms with Gasteiger partial charge in [0.05, 0.1) is 5.92 Å². The molecule has 0 unspecified atom stereocenters. The molecule has 0 spiro atoms. The maximum Gasteiger partial charge on any atom is 0.240 e. The van der Waals surface area contributed by atoms with Gasteiger partial charge in [0.2, 0.25) is 11.8 Å². The Morgan fingerprint density at radius 3 is 1.86 bits per heavy atom. The van der Waals surface area contributed by atoms with Crippen LogP contribution in [-0.4, -0.2) is 40.4 Å². The predicted octanol–water partition coefficient (Wildman–Crippen LogP) is 3.08. The van der Waals surface area contributed by atoms with Crippen LogP contribution in [0.5, 0.6) is 5.75 Å². The van der Waals surface area contributed by atoms with Crippen LogP contribution in [0.3, 0.4) is 0 Å². The molecule has 3 aromatic carbocycles. The normalized spacial score (nSPS) is 11.6. The molecule has 37 heavy (non-hydrogen) atoms. The lowest BCUT2D eigenvalue weighted by Crippen LogP contribution is -2.49. The highest BCUT2D eigenvalue weighted by molar-refractivity contribution is 5.92. The summed E-state index contributed by atoms with van der Waals surface area (Å²) < 4.78 is 0. The molecule has 0 heterocycles. The van der Waals surface area contributed by atoms with Gasteiger partial charge >= 0.3 is 0 Å². The standard InChI is InChI=1S/C29H35N5O3/c1-19-16-21(17-20(2)26(19)35)18-34(24(27(30)36)14-9-15-33-29(31)32)28(37)25(22-10-5-3-6-11-22)23-12-7-4-8-13-23/h3-8,10-13,16-17,24-25,35H,9,14-15,18H2,1-2H3,(H2,30,36)(H4,31,32,33)/t24-/m0/s1. The monoisotopic (exact) mass is 501 g/mol. The number of nitrogens with two attached hydrogens (primary N) is 3. The van der Waals surface area contributed by atoms with Crippen LogP contribution in [0.4, 0.5) is 0 Å². The highest BCUT2D eigenvalue weighted by Gasteiger charge is 2.34. The number of phenolic OH excluding ortho intramolecular Hbond substituents is 1. The zero-order valence-electron chi connectivity index (χ0n) is 21.3. The van der Waals surface area contributed by atoms with Crippen LogP contribution in [0.15, 0.2) is 77.8 Å². The van der Waals surface area contributed by atoms with Gasteiger partial charge < -0.3 is 27.2 Å². The summed E-state index contributed by atoms with van der Waals surface area (Å²) in [6.45, 7) is 4.06. The molecule has 0 aliphatic rings. The first-order valence-corrected chi connectivity index (χ1v) is 12.2. The molecule has 0 saturated heterocycles. The van der Waals surface area contributed by atoms with E-state index in [1.165, 1.54) is 0 Å². The average Bonchev–Trinajstić information content (AvgIpc) is 2.87. The van der Waals surface area contributed by atoms with Crippen molar-refractivity contribution in [2.75, 3.05) is 6.54 Å². The lowest BCUT2D eigenvalue weighted by molar-refractivity contribution is -0.141. The number of hydrogen-bond acceptors (Lipinski definition) is 4. The molecule has 0 aliphatic carbocycles. The van der Waals surface area contributed by atoms with Gasteiger partial charge in [-0.05, 0) is 54.5 Å². The number of benzene rings is 3. The molecule has 8 nitrogen and oxygen atoms in total. The first-order chi connectivity index (χ1) is 17.7. The minimum Gasteiger partial charge on any atom is -0.507 e. The number of aliphatic imine (C=N–C) groups is 1. The van der Waals surface area contributed by atoms with Crippen LogP contribution in [0.25, 0.3) is 0 Å². The van der Waals surface area contributed by atoms with Crippen molar-refractivity contribution in [3.05, 3.63) is 101 Å². The number of hydrogen-bond donors (Lipinski definition) is 4. The molecule has 1 atom stereocenters. The van der Waals surface area contributed by atoms with Gasteiger partial charge in [0.15, 0.2) is 5.96 Å². The van der Waals surface area contributed by atoms with Gasteiger partial charge in [-0.1, -0.05) is 72.8 Å². The van der Waals surface area contributed by atoms with Crippen LogP contribution in [0.2, 0.25) is 0 Å². The first-order valence-electron chi connectivity index (χ1n) is 12.2. The molecule has 8 heteroatoms. The Labute approximate surface area is 217 Å². The quantitative estimate of drug-likeness (QED) is 0.181. The lowest BCUT2D eigenvalue weighted by atomic mass is 9.89. The van der Waals surface area contributed by atoms with Crippen molar-refractivity contribution in [1.29, 1.82) is 0 Å². The lowest BCUT2D eigenvalue weighted by Gasteiger charge is -2.33. The average molecular weight is 502 g/mol. The fourth-order valence-corrected chi connectivity index (χ4v) is 4.55. The fourth-order valence-electron chi connectivity index (χ4n) is 4.55.